The summed E-state index contributed by atoms with van der Waals surface area (Å²) in [6.45, 7) is 0. The molecule has 2 aromatic rings. The van der Waals surface area contributed by atoms with E-state index in [-0.39, 0.29) is 5.56 Å². The van der Waals surface area contributed by atoms with Crippen LogP contribution in [0.15, 0.2) is 42.5 Å². The number of benzene rings is 2. The van der Waals surface area contributed by atoms with E-state index < -0.39 is 53.3 Å². The van der Waals surface area contributed by atoms with Crippen LogP contribution in [0, 0.1) is 11.6 Å². The maximum absolute atomic E-state index is 13.7. The van der Waals surface area contributed by atoms with Crippen molar-refractivity contribution in [3.05, 3.63) is 70.8 Å². The van der Waals surface area contributed by atoms with Crippen molar-refractivity contribution in [2.45, 2.75) is 18.6 Å². The Kier molecular flexibility index (Phi) is 6.14. The van der Waals surface area contributed by atoms with Gasteiger partial charge in [0.15, 0.2) is 0 Å². The number of hydrogen-bond acceptors (Lipinski definition) is 3. The van der Waals surface area contributed by atoms with Gasteiger partial charge in [0.2, 0.25) is 0 Å². The number of nitrogens with one attached hydrogen (secondary N) is 1. The third kappa shape index (κ3) is 5.02. The van der Waals surface area contributed by atoms with Gasteiger partial charge in [-0.25, -0.2) is 13.6 Å². The van der Waals surface area contributed by atoms with E-state index >= 15 is 0 Å². The average Bonchev–Trinajstić information content (AvgIpc) is 2.59. The van der Waals surface area contributed by atoms with E-state index in [1.807, 2.05) is 0 Å². The van der Waals surface area contributed by atoms with Crippen LogP contribution < -0.4 is 5.32 Å². The van der Waals surface area contributed by atoms with Gasteiger partial charge in [0.05, 0.1) is 18.2 Å². The number of methoxy groups -OCH3 is 1. The summed E-state index contributed by atoms with van der Waals surface area (Å²) in [7, 11) is 0.996. The van der Waals surface area contributed by atoms with Gasteiger partial charge in [0, 0.05) is 12.5 Å². The number of ether oxygens (including phenoxy) is 1. The minimum Gasteiger partial charge on any atom is -0.467 e. The molecule has 0 bridgehead atoms. The third-order valence-corrected chi connectivity index (χ3v) is 3.71. The number of amides is 1. The number of carbonyl (C=O) groups excluding carboxylic acids is 2. The summed E-state index contributed by atoms with van der Waals surface area (Å²) in [6, 6.07) is 5.19. The number of esters is 1. The van der Waals surface area contributed by atoms with E-state index in [9.17, 15) is 31.5 Å². The highest BCUT2D eigenvalue weighted by molar-refractivity contribution is 5.97. The van der Waals surface area contributed by atoms with Gasteiger partial charge in [0.25, 0.3) is 5.91 Å². The van der Waals surface area contributed by atoms with E-state index in [0.717, 1.165) is 31.4 Å². The number of halogens is 5. The maximum Gasteiger partial charge on any atom is 0.416 e. The molecule has 1 amide bonds. The highest BCUT2D eigenvalue weighted by atomic mass is 19.4. The Bertz CT molecular complexity index is 851. The van der Waals surface area contributed by atoms with Crippen LogP contribution in [0.5, 0.6) is 0 Å². The molecule has 0 saturated carbocycles. The molecule has 0 fully saturated rings. The Labute approximate surface area is 150 Å². The zero-order valence-electron chi connectivity index (χ0n) is 13.9. The fourth-order valence-electron chi connectivity index (χ4n) is 2.44. The largest absolute Gasteiger partial charge is 0.467 e. The van der Waals surface area contributed by atoms with E-state index in [4.69, 9.17) is 0 Å². The van der Waals surface area contributed by atoms with Gasteiger partial charge in [-0.15, -0.1) is 0 Å². The molecule has 2 aromatic carbocycles. The van der Waals surface area contributed by atoms with E-state index in [2.05, 4.69) is 10.1 Å². The predicted molar refractivity (Wildman–Crippen MR) is 84.8 cm³/mol. The normalized spacial score (nSPS) is 12.4. The van der Waals surface area contributed by atoms with Crippen molar-refractivity contribution < 1.29 is 36.3 Å². The van der Waals surface area contributed by atoms with Crippen LogP contribution in [0.4, 0.5) is 22.0 Å². The summed E-state index contributed by atoms with van der Waals surface area (Å²) in [5.74, 6) is -4.19. The third-order valence-electron chi connectivity index (χ3n) is 3.71. The average molecular weight is 387 g/mol. The fraction of sp³-hybridized carbons (Fsp3) is 0.222. The fourth-order valence-corrected chi connectivity index (χ4v) is 2.44. The molecule has 0 aliphatic rings. The molecule has 27 heavy (non-hydrogen) atoms. The summed E-state index contributed by atoms with van der Waals surface area (Å²) in [5, 5.41) is 2.13. The van der Waals surface area contributed by atoms with Crippen molar-refractivity contribution in [3.8, 4) is 0 Å². The lowest BCUT2D eigenvalue weighted by atomic mass is 9.99. The van der Waals surface area contributed by atoms with Gasteiger partial charge in [-0.3, -0.25) is 4.79 Å². The maximum atomic E-state index is 13.7. The predicted octanol–water partition coefficient (Wildman–Crippen LogP) is 3.50. The first-order valence-electron chi connectivity index (χ1n) is 7.62. The number of carbonyl (C=O) groups is 2. The lowest BCUT2D eigenvalue weighted by Crippen LogP contribution is -2.43. The highest BCUT2D eigenvalue weighted by Gasteiger charge is 2.34. The van der Waals surface area contributed by atoms with Crippen molar-refractivity contribution in [2.75, 3.05) is 7.11 Å². The molecular formula is C18H14F5NO3. The lowest BCUT2D eigenvalue weighted by molar-refractivity contribution is -0.144. The Balaban J connectivity index is 2.30. The van der Waals surface area contributed by atoms with Crippen molar-refractivity contribution in [1.82, 2.24) is 5.32 Å². The van der Waals surface area contributed by atoms with Gasteiger partial charge in [0.1, 0.15) is 17.7 Å². The first-order valence-corrected chi connectivity index (χ1v) is 7.62. The van der Waals surface area contributed by atoms with Crippen molar-refractivity contribution >= 4 is 11.9 Å². The first-order chi connectivity index (χ1) is 12.6. The Morgan fingerprint density at radius 1 is 1.11 bits per heavy atom. The molecule has 144 valence electrons. The van der Waals surface area contributed by atoms with Gasteiger partial charge in [-0.05, 0) is 23.8 Å². The highest BCUT2D eigenvalue weighted by Crippen LogP contribution is 2.32. The Morgan fingerprint density at radius 3 is 2.37 bits per heavy atom. The van der Waals surface area contributed by atoms with Crippen LogP contribution in [0.25, 0.3) is 0 Å². The molecule has 0 aliphatic carbocycles. The summed E-state index contributed by atoms with van der Waals surface area (Å²) in [4.78, 5) is 24.1. The topological polar surface area (TPSA) is 55.4 Å². The van der Waals surface area contributed by atoms with Crippen LogP contribution in [-0.4, -0.2) is 25.0 Å². The van der Waals surface area contributed by atoms with Crippen LogP contribution in [-0.2, 0) is 22.1 Å². The zero-order valence-corrected chi connectivity index (χ0v) is 13.9. The van der Waals surface area contributed by atoms with Crippen LogP contribution in [0.3, 0.4) is 0 Å². The van der Waals surface area contributed by atoms with E-state index in [0.29, 0.717) is 6.07 Å². The summed E-state index contributed by atoms with van der Waals surface area (Å²) in [5.41, 5.74) is -1.78. The van der Waals surface area contributed by atoms with Crippen LogP contribution in [0.1, 0.15) is 21.5 Å². The first kappa shape index (κ1) is 20.3. The Hall–Kier alpha value is -2.97. The van der Waals surface area contributed by atoms with Crippen molar-refractivity contribution in [3.63, 3.8) is 0 Å². The molecular weight excluding hydrogens is 373 g/mol. The summed E-state index contributed by atoms with van der Waals surface area (Å²) in [6.07, 6.45) is -5.19. The van der Waals surface area contributed by atoms with Crippen molar-refractivity contribution in [2.24, 2.45) is 0 Å². The van der Waals surface area contributed by atoms with Gasteiger partial charge in [-0.2, -0.15) is 13.2 Å². The van der Waals surface area contributed by atoms with Gasteiger partial charge in [-0.1, -0.05) is 18.2 Å². The minimum absolute atomic E-state index is 0.250. The molecule has 4 nitrogen and oxygen atoms in total. The Morgan fingerprint density at radius 2 is 1.78 bits per heavy atom. The molecule has 2 rings (SSSR count). The van der Waals surface area contributed by atoms with Crippen molar-refractivity contribution in [1.29, 1.82) is 0 Å². The molecule has 1 N–H and O–H groups in total. The molecule has 1 atom stereocenters. The molecule has 0 heterocycles. The van der Waals surface area contributed by atoms with Crippen LogP contribution in [0.2, 0.25) is 0 Å². The molecule has 0 saturated heterocycles. The van der Waals surface area contributed by atoms with Gasteiger partial charge >= 0.3 is 12.1 Å². The molecule has 0 spiro atoms. The zero-order chi connectivity index (χ0) is 20.2. The SMILES string of the molecule is COC(=O)[C@@H](Cc1ccccc1C(F)(F)F)NC(=O)c1ccc(F)cc1F. The van der Waals surface area contributed by atoms with E-state index in [1.165, 1.54) is 12.1 Å². The summed E-state index contributed by atoms with van der Waals surface area (Å²) < 4.78 is 70.5. The smallest absolute Gasteiger partial charge is 0.416 e. The summed E-state index contributed by atoms with van der Waals surface area (Å²) >= 11 is 0. The van der Waals surface area contributed by atoms with E-state index in [1.54, 1.807) is 0 Å². The monoisotopic (exact) mass is 387 g/mol. The number of alkyl halides is 3. The number of hydrogen-bond donors (Lipinski definition) is 1. The molecule has 9 heteroatoms. The number of rotatable bonds is 5. The lowest BCUT2D eigenvalue weighted by Gasteiger charge is -2.19. The van der Waals surface area contributed by atoms with Gasteiger partial charge < -0.3 is 10.1 Å². The second-order valence-electron chi connectivity index (χ2n) is 5.53. The molecule has 0 radical (unpaired) electrons. The molecule has 0 aromatic heterocycles. The quantitative estimate of drug-likeness (QED) is 0.631. The minimum atomic E-state index is -4.66. The second kappa shape index (κ2) is 8.15. The molecule has 0 unspecified atom stereocenters. The van der Waals surface area contributed by atoms with Crippen LogP contribution >= 0.6 is 0 Å². The standard InChI is InChI=1S/C18H14F5NO3/c1-27-17(26)15(8-10-4-2-3-5-13(10)18(21,22)23)24-16(25)12-7-6-11(19)9-14(12)20/h2-7,9,15H,8H2,1H3,(H,24,25)/t15-/m1/s1. The second-order valence-corrected chi connectivity index (χ2v) is 5.53. The molecule has 0 aliphatic heterocycles.